The summed E-state index contributed by atoms with van der Waals surface area (Å²) in [7, 11) is 0. The molecule has 4 bridgehead atoms. The predicted octanol–water partition coefficient (Wildman–Crippen LogP) is 2.75. The summed E-state index contributed by atoms with van der Waals surface area (Å²) in [5, 5.41) is 16.8. The fourth-order valence-electron chi connectivity index (χ4n) is 5.52. The molecule has 122 valence electrons. The third kappa shape index (κ3) is 2.04. The molecule has 23 heavy (non-hydrogen) atoms. The van der Waals surface area contributed by atoms with Gasteiger partial charge in [0.15, 0.2) is 0 Å². The average molecular weight is 348 g/mol. The summed E-state index contributed by atoms with van der Waals surface area (Å²) in [6.07, 6.45) is 2.63. The number of thiophene rings is 1. The minimum absolute atomic E-state index is 0.272. The SMILES string of the molecule is O=C(O)C1=CSC(c2cccs2)(C2C3CC4CC2CN(C4)C3)N1. The number of carboxylic acid groups (broad SMARTS) is 1. The maximum Gasteiger partial charge on any atom is 0.352 e. The van der Waals surface area contributed by atoms with Gasteiger partial charge >= 0.3 is 5.97 Å². The number of nitrogens with zero attached hydrogens (tertiary/aromatic N) is 1. The minimum Gasteiger partial charge on any atom is -0.477 e. The molecule has 5 heterocycles. The fourth-order valence-corrected chi connectivity index (χ4v) is 7.99. The van der Waals surface area contributed by atoms with Crippen molar-refractivity contribution in [3.05, 3.63) is 33.5 Å². The van der Waals surface area contributed by atoms with Gasteiger partial charge in [-0.2, -0.15) is 0 Å². The first-order valence-corrected chi connectivity index (χ1v) is 10.1. The predicted molar refractivity (Wildman–Crippen MR) is 92.1 cm³/mol. The molecular weight excluding hydrogens is 328 g/mol. The fraction of sp³-hybridized carbons (Fsp3) is 0.588. The van der Waals surface area contributed by atoms with Crippen molar-refractivity contribution in [3.63, 3.8) is 0 Å². The molecule has 6 rings (SSSR count). The highest BCUT2D eigenvalue weighted by Crippen LogP contribution is 2.59. The zero-order valence-electron chi connectivity index (χ0n) is 12.8. The maximum absolute atomic E-state index is 11.5. The van der Waals surface area contributed by atoms with E-state index >= 15 is 0 Å². The van der Waals surface area contributed by atoms with Crippen LogP contribution in [0.2, 0.25) is 0 Å². The molecule has 0 radical (unpaired) electrons. The summed E-state index contributed by atoms with van der Waals surface area (Å²) >= 11 is 3.46. The Morgan fingerprint density at radius 2 is 2.09 bits per heavy atom. The Hall–Kier alpha value is -0.980. The van der Waals surface area contributed by atoms with Crippen LogP contribution in [0.15, 0.2) is 28.6 Å². The van der Waals surface area contributed by atoms with Gasteiger partial charge in [0.2, 0.25) is 0 Å². The summed E-state index contributed by atoms with van der Waals surface area (Å²) in [6.45, 7) is 3.66. The number of hydrogen-bond acceptors (Lipinski definition) is 5. The monoisotopic (exact) mass is 348 g/mol. The second kappa shape index (κ2) is 5.01. The van der Waals surface area contributed by atoms with Gasteiger partial charge in [-0.05, 0) is 42.0 Å². The van der Waals surface area contributed by atoms with Crippen molar-refractivity contribution in [2.75, 3.05) is 19.6 Å². The second-order valence-electron chi connectivity index (χ2n) is 7.39. The van der Waals surface area contributed by atoms with Gasteiger partial charge in [0, 0.05) is 35.8 Å². The topological polar surface area (TPSA) is 52.6 Å². The van der Waals surface area contributed by atoms with Gasteiger partial charge in [0.1, 0.15) is 10.6 Å². The van der Waals surface area contributed by atoms with Crippen molar-refractivity contribution in [1.29, 1.82) is 0 Å². The van der Waals surface area contributed by atoms with Crippen LogP contribution >= 0.6 is 23.1 Å². The first kappa shape index (κ1) is 14.4. The zero-order valence-corrected chi connectivity index (χ0v) is 14.4. The van der Waals surface area contributed by atoms with E-state index in [2.05, 4.69) is 27.7 Å². The second-order valence-corrected chi connectivity index (χ2v) is 9.46. The summed E-state index contributed by atoms with van der Waals surface area (Å²) in [4.78, 5) is 15.1. The first-order chi connectivity index (χ1) is 11.2. The van der Waals surface area contributed by atoms with Crippen molar-refractivity contribution >= 4 is 29.1 Å². The highest BCUT2D eigenvalue weighted by Gasteiger charge is 2.58. The molecule has 2 N–H and O–H groups in total. The van der Waals surface area contributed by atoms with Crippen LogP contribution in [0.1, 0.15) is 17.7 Å². The molecule has 3 saturated heterocycles. The quantitative estimate of drug-likeness (QED) is 0.880. The van der Waals surface area contributed by atoms with E-state index in [1.165, 1.54) is 37.4 Å². The third-order valence-electron chi connectivity index (χ3n) is 6.06. The number of thioether (sulfide) groups is 1. The van der Waals surface area contributed by atoms with E-state index < -0.39 is 5.97 Å². The lowest BCUT2D eigenvalue weighted by Gasteiger charge is -2.59. The van der Waals surface area contributed by atoms with Crippen LogP contribution in [0.4, 0.5) is 0 Å². The van der Waals surface area contributed by atoms with E-state index in [1.807, 2.05) is 5.41 Å². The average Bonchev–Trinajstić information content (AvgIpc) is 3.16. The minimum atomic E-state index is -0.844. The Balaban J connectivity index is 1.56. The van der Waals surface area contributed by atoms with Gasteiger partial charge in [-0.25, -0.2) is 4.79 Å². The Morgan fingerprint density at radius 3 is 2.65 bits per heavy atom. The molecule has 3 unspecified atom stereocenters. The zero-order chi connectivity index (χ0) is 15.6. The molecule has 0 spiro atoms. The molecule has 6 heteroatoms. The smallest absolute Gasteiger partial charge is 0.352 e. The van der Waals surface area contributed by atoms with E-state index in [0.29, 0.717) is 23.5 Å². The summed E-state index contributed by atoms with van der Waals surface area (Å²) in [5.41, 5.74) is 0.359. The molecular formula is C17H20N2O2S2. The van der Waals surface area contributed by atoms with Crippen LogP contribution < -0.4 is 5.32 Å². The van der Waals surface area contributed by atoms with E-state index in [-0.39, 0.29) is 4.87 Å². The molecule has 3 atom stereocenters. The van der Waals surface area contributed by atoms with E-state index in [9.17, 15) is 9.90 Å². The highest BCUT2D eigenvalue weighted by molar-refractivity contribution is 8.03. The Bertz CT molecular complexity index is 644. The Labute approximate surface area is 143 Å². The molecule has 0 amide bonds. The van der Waals surface area contributed by atoms with Crippen LogP contribution in [0.3, 0.4) is 0 Å². The summed E-state index contributed by atoms with van der Waals surface area (Å²) in [6, 6.07) is 4.26. The first-order valence-electron chi connectivity index (χ1n) is 8.31. The number of hydrogen-bond donors (Lipinski definition) is 2. The van der Waals surface area contributed by atoms with E-state index in [4.69, 9.17) is 0 Å². The number of rotatable bonds is 3. The van der Waals surface area contributed by atoms with Gasteiger partial charge in [0.25, 0.3) is 0 Å². The highest BCUT2D eigenvalue weighted by atomic mass is 32.2. The molecule has 1 saturated carbocycles. The summed E-state index contributed by atoms with van der Waals surface area (Å²) < 4.78 is 0. The molecule has 5 aliphatic rings. The van der Waals surface area contributed by atoms with Crippen LogP contribution in [0, 0.1) is 23.7 Å². The van der Waals surface area contributed by atoms with Crippen molar-refractivity contribution in [3.8, 4) is 0 Å². The lowest BCUT2D eigenvalue weighted by molar-refractivity contribution is -0.133. The third-order valence-corrected chi connectivity index (χ3v) is 8.51. The number of nitrogens with one attached hydrogen (secondary N) is 1. The van der Waals surface area contributed by atoms with Gasteiger partial charge in [-0.15, -0.1) is 11.3 Å². The number of aliphatic carboxylic acids is 1. The lowest BCUT2D eigenvalue weighted by Crippen LogP contribution is -2.63. The van der Waals surface area contributed by atoms with E-state index in [1.54, 1.807) is 23.1 Å². The molecule has 1 aromatic rings. The van der Waals surface area contributed by atoms with Crippen LogP contribution in [0.5, 0.6) is 0 Å². The van der Waals surface area contributed by atoms with Gasteiger partial charge in [-0.1, -0.05) is 17.8 Å². The van der Waals surface area contributed by atoms with Crippen LogP contribution in [-0.4, -0.2) is 35.6 Å². The molecule has 0 aromatic carbocycles. The molecule has 4 fully saturated rings. The van der Waals surface area contributed by atoms with Gasteiger partial charge < -0.3 is 15.3 Å². The number of piperidine rings is 3. The number of carboxylic acids is 1. The Kier molecular flexibility index (Phi) is 3.13. The standard InChI is InChI=1S/C17H20N2O2S2/c20-16(21)13-9-23-17(18-13,14-2-1-3-22-14)15-11-4-10-5-12(15)8-19(6-10)7-11/h1-3,9-12,15,18H,4-8H2,(H,20,21). The molecule has 4 aliphatic heterocycles. The number of carbonyl (C=O) groups is 1. The van der Waals surface area contributed by atoms with Crippen LogP contribution in [-0.2, 0) is 9.67 Å². The van der Waals surface area contributed by atoms with Crippen LogP contribution in [0.25, 0.3) is 0 Å². The molecule has 4 nitrogen and oxygen atoms in total. The van der Waals surface area contributed by atoms with Crippen molar-refractivity contribution in [2.45, 2.75) is 17.7 Å². The molecule has 1 aromatic heterocycles. The van der Waals surface area contributed by atoms with Crippen molar-refractivity contribution in [2.24, 2.45) is 23.7 Å². The van der Waals surface area contributed by atoms with Crippen molar-refractivity contribution < 1.29 is 9.90 Å². The van der Waals surface area contributed by atoms with E-state index in [0.717, 1.165) is 5.92 Å². The van der Waals surface area contributed by atoms with Gasteiger partial charge in [0.05, 0.1) is 0 Å². The maximum atomic E-state index is 11.5. The normalized spacial score (nSPS) is 44.2. The summed E-state index contributed by atoms with van der Waals surface area (Å²) in [5.74, 6) is 1.91. The molecule has 1 aliphatic carbocycles. The Morgan fingerprint density at radius 1 is 1.30 bits per heavy atom. The lowest BCUT2D eigenvalue weighted by atomic mass is 9.59. The largest absolute Gasteiger partial charge is 0.477 e. The van der Waals surface area contributed by atoms with Gasteiger partial charge in [-0.3, -0.25) is 0 Å². The van der Waals surface area contributed by atoms with Crippen molar-refractivity contribution in [1.82, 2.24) is 10.2 Å².